The van der Waals surface area contributed by atoms with E-state index in [1.807, 2.05) is 153 Å². The molecular formula is C101H129B4N9O22P2Si3. The molecule has 5 fully saturated rings. The molecule has 31 nitrogen and oxygen atoms in total. The number of benzene rings is 8. The van der Waals surface area contributed by atoms with Crippen LogP contribution in [0.3, 0.4) is 0 Å². The maximum absolute atomic E-state index is 15.3. The molecule has 13 rings (SSSR count). The van der Waals surface area contributed by atoms with Gasteiger partial charge in [-0.15, -0.1) is 0 Å². The van der Waals surface area contributed by atoms with Crippen LogP contribution >= 0.6 is 16.9 Å². The van der Waals surface area contributed by atoms with Crippen molar-refractivity contribution < 1.29 is 103 Å². The third-order valence-corrected chi connectivity index (χ3v) is 45.9. The van der Waals surface area contributed by atoms with Crippen molar-refractivity contribution in [2.75, 3.05) is 40.1 Å². The fourth-order valence-corrected chi connectivity index (χ4v) is 37.3. The predicted molar refractivity (Wildman–Crippen MR) is 551 cm³/mol. The Morgan fingerprint density at radius 3 is 1.12 bits per heavy atom. The predicted octanol–water partition coefficient (Wildman–Crippen LogP) is 13.8. The molecule has 0 aromatic heterocycles. The molecule has 0 amide bonds. The summed E-state index contributed by atoms with van der Waals surface area (Å²) >= 11 is 0. The summed E-state index contributed by atoms with van der Waals surface area (Å²) in [6.07, 6.45) is -20.6. The van der Waals surface area contributed by atoms with E-state index in [0.717, 1.165) is 50.8 Å². The molecule has 5 aliphatic heterocycles. The molecule has 0 radical (unpaired) electrons. The SMILES string of the molecule is CO[C@H]1OC(CO[Si](c2ccccc2)(c2ccccc2)C(C)(C)C)[C@@H](O[C@@H]2OC(COC(C)=O)[C@@H](O[C@@H]3OC(CO[Si](c4ccccc4)(c4ccccc4)C(C)(C)C)[C@@H](O[C@@H]4OC(COC(C)=O)[C@@H](O[C@@H]5OC(CO[Si](c6ccccc6)(c6ccccc6)C(C)(C)C)[C@@H](C)[C@H](PBB=O)C5N=[N+]=[N-])[C@H](C)C4OC(=O)c4ccccc4)[C@H](C)C3N=[N+]=[N-])C(OCc3ccccc3)[C@@H]2C)[C@H](PBB=O)C1N=[N+]=[N-]. The Morgan fingerprint density at radius 1 is 0.376 bits per heavy atom. The molecule has 5 heterocycles. The quantitative estimate of drug-likeness (QED) is 0.00652. The van der Waals surface area contributed by atoms with Crippen LogP contribution in [0.2, 0.25) is 15.1 Å². The molecule has 0 saturated carbocycles. The molecule has 8 aromatic carbocycles. The second-order valence-corrected chi connectivity index (χ2v) is 55.5. The van der Waals surface area contributed by atoms with E-state index >= 15 is 4.79 Å². The van der Waals surface area contributed by atoms with E-state index < -0.39 is 223 Å². The number of carbonyl (C=O) groups excluding carboxylic acids is 3. The number of esters is 3. The van der Waals surface area contributed by atoms with Crippen molar-refractivity contribution in [3.8, 4) is 0 Å². The van der Waals surface area contributed by atoms with E-state index in [0.29, 0.717) is 0 Å². The van der Waals surface area contributed by atoms with Gasteiger partial charge in [0.25, 0.3) is 8.32 Å². The molecule has 0 N–H and O–H groups in total. The molecule has 27 atom stereocenters. The summed E-state index contributed by atoms with van der Waals surface area (Å²) in [5, 5.41) is 17.5. The van der Waals surface area contributed by atoms with Crippen LogP contribution in [-0.4, -0.2) is 239 Å². The zero-order valence-corrected chi connectivity index (χ0v) is 87.8. The molecule has 8 aromatic rings. The Kier molecular flexibility index (Phi) is 38.8. The Hall–Kier alpha value is -9.09. The monoisotopic (exact) mass is 2010 g/mol. The van der Waals surface area contributed by atoms with Crippen LogP contribution in [0.15, 0.2) is 258 Å². The molecule has 5 saturated heterocycles. The maximum atomic E-state index is 15.3. The number of ether oxygens (including phenoxy) is 14. The summed E-state index contributed by atoms with van der Waals surface area (Å²) in [5.41, 5.74) is 31.9. The first-order chi connectivity index (χ1) is 67.8. The normalized spacial score (nSPS) is 28.4. The molecule has 0 aliphatic carbocycles. The summed E-state index contributed by atoms with van der Waals surface area (Å²) in [6, 6.07) is 74.7. The van der Waals surface area contributed by atoms with Gasteiger partial charge in [0.2, 0.25) is 0 Å². The van der Waals surface area contributed by atoms with Crippen LogP contribution in [0.25, 0.3) is 31.3 Å². The summed E-state index contributed by atoms with van der Waals surface area (Å²) < 4.78 is 148. The molecule has 0 spiro atoms. The molecule has 5 aliphatic rings. The van der Waals surface area contributed by atoms with Crippen LogP contribution in [0, 0.1) is 23.7 Å². The number of nitrogens with zero attached hydrogens (tertiary/aromatic N) is 9. The zero-order chi connectivity index (χ0) is 101. The van der Waals surface area contributed by atoms with Crippen molar-refractivity contribution in [3.63, 3.8) is 0 Å². The van der Waals surface area contributed by atoms with Crippen LogP contribution in [0.4, 0.5) is 0 Å². The van der Waals surface area contributed by atoms with Crippen molar-refractivity contribution in [3.05, 3.63) is 285 Å². The molecule has 141 heavy (non-hydrogen) atoms. The van der Waals surface area contributed by atoms with E-state index in [9.17, 15) is 35.6 Å². The summed E-state index contributed by atoms with van der Waals surface area (Å²) in [6.45, 7) is 28.1. The molecule has 12 unspecified atom stereocenters. The van der Waals surface area contributed by atoms with Crippen molar-refractivity contribution in [2.24, 2.45) is 39.0 Å². The Balaban J connectivity index is 0.915. The van der Waals surface area contributed by atoms with Gasteiger partial charge in [-0.2, -0.15) is 0 Å². The number of azide groups is 3. The molecule has 744 valence electrons. The van der Waals surface area contributed by atoms with Gasteiger partial charge in [-0.3, -0.25) is 0 Å². The zero-order valence-electron chi connectivity index (χ0n) is 82.8. The fraction of sp³-hybridized carbons (Fsp3) is 0.495. The number of methoxy groups -OCH3 is 1. The van der Waals surface area contributed by atoms with Crippen molar-refractivity contribution in [2.45, 2.75) is 254 Å². The van der Waals surface area contributed by atoms with Gasteiger partial charge in [0.15, 0.2) is 0 Å². The topological polar surface area (TPSA) is 389 Å². The van der Waals surface area contributed by atoms with E-state index in [1.165, 1.54) is 21.0 Å². The van der Waals surface area contributed by atoms with E-state index in [4.69, 9.17) is 79.6 Å². The standard InChI is InChI=1S/C101H129B4N9O22P2Si3/c1-63-77(60-124-139(99(7,8)9,71-45-29-19-30-46-71)72-47-31-20-32-48-72)127-97(83(110-113-107)91(63)137-104-102-118)133-86-65(3)88(132-93(117)70-43-27-18-28-44-70)98(131-78(86)58-121-67(5)115)134-85-64(2)82(109-112-106)96(130-80(85)61-125-140(100(10,11)12,73-49-33-21-34-50-73)74-51-35-22-36-52-74)135-89-79(59-122-68(6)116)128-94(66(4)87(89)123-57-69-41-25-17-26-42-69)136-90-81(129-95(120-16)84(111-114-108)92(90)138-105-103-119)62-126-141(101(13,14)15,75-53-37-23-38-54-75)76-55-39-24-40-56-76/h17-56,63-66,77-92,94-98,104-105,137-138H,57-62H2,1-16H3/t63-,64-,65+,66+,77?,78?,79?,80?,81?,82?,83?,84?,85+,86+,87?,88?,89-,90-,91+,92-,94+,95+,96+,97+,98+/m1/s1. The Labute approximate surface area is 834 Å². The van der Waals surface area contributed by atoms with Gasteiger partial charge in [0.05, 0.1) is 6.61 Å². The molecule has 0 bridgehead atoms. The number of carbonyl (C=O) groups is 3. The fourth-order valence-electron chi connectivity index (χ4n) is 20.8. The van der Waals surface area contributed by atoms with E-state index in [-0.39, 0.29) is 62.7 Å². The minimum absolute atomic E-state index is 0.0242. The summed E-state index contributed by atoms with van der Waals surface area (Å²) in [5.74, 6) is -5.53. The van der Waals surface area contributed by atoms with Crippen LogP contribution < -0.4 is 31.1 Å². The van der Waals surface area contributed by atoms with Crippen molar-refractivity contribution in [1.29, 1.82) is 0 Å². The average Bonchev–Trinajstić information content (AvgIpc) is 0.750. The Bertz CT molecular complexity index is 5400. The van der Waals surface area contributed by atoms with Gasteiger partial charge in [-0.25, -0.2) is 0 Å². The van der Waals surface area contributed by atoms with Crippen LogP contribution in [0.5, 0.6) is 0 Å². The third-order valence-electron chi connectivity index (χ3n) is 27.6. The number of hydrogen-bond donors (Lipinski definition) is 0. The first-order valence-electron chi connectivity index (χ1n) is 48.1. The minimum atomic E-state index is -3.63. The van der Waals surface area contributed by atoms with Gasteiger partial charge in [-0.05, 0) is 39.0 Å². The van der Waals surface area contributed by atoms with E-state index in [2.05, 4.69) is 165 Å². The van der Waals surface area contributed by atoms with Gasteiger partial charge in [0.1, 0.15) is 6.10 Å². The van der Waals surface area contributed by atoms with Crippen LogP contribution in [0.1, 0.15) is 120 Å². The first kappa shape index (κ1) is 109. The third kappa shape index (κ3) is 25.2. The van der Waals surface area contributed by atoms with Crippen molar-refractivity contribution in [1.82, 2.24) is 0 Å². The number of hydrogen-bond acceptors (Lipinski definition) is 25. The summed E-state index contributed by atoms with van der Waals surface area (Å²) in [7, 11) is -7.53. The van der Waals surface area contributed by atoms with Gasteiger partial charge >= 0.3 is 641 Å². The molecule has 40 heteroatoms. The van der Waals surface area contributed by atoms with Crippen LogP contribution in [-0.2, 0) is 105 Å². The Morgan fingerprint density at radius 2 is 0.702 bits per heavy atom. The summed E-state index contributed by atoms with van der Waals surface area (Å²) in [4.78, 5) is 52.6. The number of rotatable bonds is 42. The van der Waals surface area contributed by atoms with E-state index in [1.54, 1.807) is 44.2 Å². The average molecular weight is 2010 g/mol. The van der Waals surface area contributed by atoms with Gasteiger partial charge in [0, 0.05) is 4.91 Å². The van der Waals surface area contributed by atoms with Gasteiger partial charge in [-0.1, -0.05) is 130 Å². The first-order valence-corrected chi connectivity index (χ1v) is 56.4. The van der Waals surface area contributed by atoms with Crippen molar-refractivity contribution >= 4 is 119 Å². The molecular weight excluding hydrogens is 1880 g/mol. The van der Waals surface area contributed by atoms with Gasteiger partial charge < -0.3 is 4.43 Å². The second-order valence-electron chi connectivity index (χ2n) is 39.6. The second kappa shape index (κ2) is 50.1.